The number of rotatable bonds is 5. The van der Waals surface area contributed by atoms with E-state index in [0.717, 1.165) is 4.90 Å². The van der Waals surface area contributed by atoms with Gasteiger partial charge < -0.3 is 19.9 Å². The predicted octanol–water partition coefficient (Wildman–Crippen LogP) is 1.92. The number of amides is 1. The number of carbonyl (C=O) groups excluding carboxylic acids is 1. The van der Waals surface area contributed by atoms with E-state index in [2.05, 4.69) is 9.72 Å². The number of carbonyl (C=O) groups is 1. The number of cyclic esters (lactones) is 1. The van der Waals surface area contributed by atoms with Crippen molar-refractivity contribution in [2.45, 2.75) is 18.8 Å². The van der Waals surface area contributed by atoms with Crippen LogP contribution in [0.5, 0.6) is 0 Å². The molecular weight excluding hydrogens is 266 g/mol. The number of benzene rings is 1. The van der Waals surface area contributed by atoms with Crippen molar-refractivity contribution in [2.75, 3.05) is 27.1 Å². The van der Waals surface area contributed by atoms with Crippen LogP contribution >= 0.6 is 0 Å². The summed E-state index contributed by atoms with van der Waals surface area (Å²) in [6.07, 6.45) is -4.23. The maximum absolute atomic E-state index is 11.5. The third-order valence-corrected chi connectivity index (χ3v) is 2.97. The highest BCUT2D eigenvalue weighted by Crippen LogP contribution is 2.21. The van der Waals surface area contributed by atoms with E-state index in [0.29, 0.717) is 0 Å². The largest absolute Gasteiger partial charge is 0.447 e. The van der Waals surface area contributed by atoms with Crippen molar-refractivity contribution in [1.29, 1.82) is 0 Å². The molecule has 3 rings (SSSR count). The number of alkyl carbamates (subject to hydrolysis) is 1. The van der Waals surface area contributed by atoms with Gasteiger partial charge in [-0.2, -0.15) is 0 Å². The fourth-order valence-corrected chi connectivity index (χ4v) is 1.97. The molecule has 1 aromatic carbocycles. The number of hydrogen-bond acceptors (Lipinski definition) is 3. The van der Waals surface area contributed by atoms with Crippen LogP contribution in [0.25, 0.3) is 10.9 Å². The van der Waals surface area contributed by atoms with E-state index in [4.69, 9.17) is 15.1 Å². The number of fused-ring (bicyclic) bond motifs is 1. The SMILES string of the molecule is [2H]c1[nH]c2c([2H])c([2H])c(C([2H])([2H])[C@@H]3NC(=O)OC3([2H])[2H])c([2H])c2c1CCN(C)C([2H])([2H])[2H]. The Bertz CT molecular complexity index is 1080. The fraction of sp³-hybridized carbons (Fsp3) is 0.438. The first-order chi connectivity index (χ1) is 14.5. The van der Waals surface area contributed by atoms with Gasteiger partial charge >= 0.3 is 6.09 Å². The minimum absolute atomic E-state index is 0.0110. The Balaban J connectivity index is 2.18. The number of aromatic amines is 1. The molecule has 1 aromatic heterocycles. The van der Waals surface area contributed by atoms with Gasteiger partial charge in [0.2, 0.25) is 0 Å². The molecule has 1 aliphatic heterocycles. The summed E-state index contributed by atoms with van der Waals surface area (Å²) in [5, 5.41) is 2.00. The quantitative estimate of drug-likeness (QED) is 0.887. The molecule has 0 saturated carbocycles. The monoisotopic (exact) mass is 298 g/mol. The Labute approximate surface area is 139 Å². The fourth-order valence-electron chi connectivity index (χ4n) is 1.97. The number of aromatic nitrogens is 1. The zero-order chi connectivity index (χ0) is 24.4. The van der Waals surface area contributed by atoms with Crippen molar-refractivity contribution in [3.05, 3.63) is 35.4 Å². The molecule has 5 heteroatoms. The lowest BCUT2D eigenvalue weighted by Gasteiger charge is -2.09. The number of likely N-dealkylation sites (N-methyl/N-ethyl adjacent to an activating group) is 1. The van der Waals surface area contributed by atoms with Crippen LogP contribution in [0, 0.1) is 0 Å². The molecule has 0 spiro atoms. The van der Waals surface area contributed by atoms with Gasteiger partial charge in [-0.3, -0.25) is 0 Å². The van der Waals surface area contributed by atoms with Crippen LogP contribution in [0.15, 0.2) is 24.3 Å². The maximum atomic E-state index is 11.5. The highest BCUT2D eigenvalue weighted by molar-refractivity contribution is 5.84. The van der Waals surface area contributed by atoms with Crippen molar-refractivity contribution < 1.29 is 24.6 Å². The zero-order valence-electron chi connectivity index (χ0n) is 22.3. The van der Waals surface area contributed by atoms with Crippen LogP contribution in [0.4, 0.5) is 4.79 Å². The third-order valence-electron chi connectivity index (χ3n) is 2.97. The van der Waals surface area contributed by atoms with Crippen LogP contribution in [-0.2, 0) is 17.5 Å². The molecule has 0 bridgehead atoms. The molecule has 1 saturated heterocycles. The van der Waals surface area contributed by atoms with Gasteiger partial charge in [0.15, 0.2) is 0 Å². The molecule has 0 radical (unpaired) electrons. The molecule has 1 aliphatic rings. The second kappa shape index (κ2) is 5.77. The summed E-state index contributed by atoms with van der Waals surface area (Å²) in [4.78, 5) is 15.2. The summed E-state index contributed by atoms with van der Waals surface area (Å²) in [6, 6.07) is -3.65. The van der Waals surface area contributed by atoms with Gasteiger partial charge in [-0.25, -0.2) is 4.79 Å². The van der Waals surface area contributed by atoms with E-state index in [1.807, 2.05) is 5.32 Å². The third kappa shape index (κ3) is 3.19. The van der Waals surface area contributed by atoms with E-state index >= 15 is 0 Å². The number of nitrogens with zero attached hydrogens (tertiary/aromatic N) is 1. The zero-order valence-corrected chi connectivity index (χ0v) is 11.3. The topological polar surface area (TPSA) is 57.4 Å². The summed E-state index contributed by atoms with van der Waals surface area (Å²) in [6.45, 7) is -5.19. The first-order valence-electron chi connectivity index (χ1n) is 11.8. The second-order valence-corrected chi connectivity index (χ2v) is 4.63. The number of ether oxygens (including phenoxy) is 1. The second-order valence-electron chi connectivity index (χ2n) is 4.63. The van der Waals surface area contributed by atoms with Crippen molar-refractivity contribution in [1.82, 2.24) is 15.2 Å². The molecule has 21 heavy (non-hydrogen) atoms. The molecule has 1 fully saturated rings. The maximum Gasteiger partial charge on any atom is 0.407 e. The lowest BCUT2D eigenvalue weighted by Crippen LogP contribution is -2.28. The van der Waals surface area contributed by atoms with Gasteiger partial charge in [0.1, 0.15) is 6.56 Å². The average Bonchev–Trinajstić information content (AvgIpc) is 3.12. The van der Waals surface area contributed by atoms with Crippen molar-refractivity contribution >= 4 is 17.0 Å². The number of hydrogen-bond donors (Lipinski definition) is 2. The summed E-state index contributed by atoms with van der Waals surface area (Å²) >= 11 is 0. The molecule has 0 unspecified atom stereocenters. The van der Waals surface area contributed by atoms with Crippen molar-refractivity contribution in [3.8, 4) is 0 Å². The summed E-state index contributed by atoms with van der Waals surface area (Å²) in [5.41, 5.74) is -0.522. The van der Waals surface area contributed by atoms with Gasteiger partial charge in [-0.1, -0.05) is 6.04 Å². The summed E-state index contributed by atoms with van der Waals surface area (Å²) in [5.74, 6) is 0. The Morgan fingerprint density at radius 3 is 3.33 bits per heavy atom. The lowest BCUT2D eigenvalue weighted by molar-refractivity contribution is 0.177. The molecule has 0 aliphatic carbocycles. The van der Waals surface area contributed by atoms with E-state index < -0.39 is 55.7 Å². The smallest absolute Gasteiger partial charge is 0.407 e. The van der Waals surface area contributed by atoms with E-state index in [1.54, 1.807) is 0 Å². The van der Waals surface area contributed by atoms with Crippen LogP contribution in [0.1, 0.15) is 26.2 Å². The number of H-pyrrole nitrogens is 1. The molecular formula is C16H21N3O2. The van der Waals surface area contributed by atoms with Gasteiger partial charge in [0, 0.05) is 30.5 Å². The van der Waals surface area contributed by atoms with Crippen LogP contribution in [-0.4, -0.2) is 49.1 Å². The van der Waals surface area contributed by atoms with E-state index in [1.165, 1.54) is 7.05 Å². The van der Waals surface area contributed by atoms with Gasteiger partial charge in [0.25, 0.3) is 0 Å². The molecule has 2 aromatic rings. The minimum Gasteiger partial charge on any atom is -0.447 e. The van der Waals surface area contributed by atoms with Gasteiger partial charge in [-0.05, 0) is 50.0 Å². The summed E-state index contributed by atoms with van der Waals surface area (Å²) < 4.78 is 92.6. The van der Waals surface area contributed by atoms with Crippen molar-refractivity contribution in [2.24, 2.45) is 0 Å². The average molecular weight is 298 g/mol. The Morgan fingerprint density at radius 1 is 1.67 bits per heavy atom. The van der Waals surface area contributed by atoms with Crippen molar-refractivity contribution in [3.63, 3.8) is 0 Å². The first kappa shape index (κ1) is 6.01. The number of nitrogens with one attached hydrogen (secondary N) is 2. The normalized spacial score (nSPS) is 29.5. The molecule has 112 valence electrons. The van der Waals surface area contributed by atoms with E-state index in [-0.39, 0.29) is 35.6 Å². The molecule has 1 atom stereocenters. The summed E-state index contributed by atoms with van der Waals surface area (Å²) in [7, 11) is 1.36. The Kier molecular flexibility index (Phi) is 1.65. The highest BCUT2D eigenvalue weighted by atomic mass is 16.6. The van der Waals surface area contributed by atoms with Gasteiger partial charge in [0.05, 0.1) is 14.3 Å². The molecule has 2 heterocycles. The Morgan fingerprint density at radius 2 is 2.57 bits per heavy atom. The predicted molar refractivity (Wildman–Crippen MR) is 82.5 cm³/mol. The van der Waals surface area contributed by atoms with Gasteiger partial charge in [-0.15, -0.1) is 0 Å². The lowest BCUT2D eigenvalue weighted by atomic mass is 10.0. The first-order valence-corrected chi connectivity index (χ1v) is 6.32. The van der Waals surface area contributed by atoms with Crippen LogP contribution < -0.4 is 5.32 Å². The standard InChI is InChI=1S/C16H21N3O2/c1-19(2)6-5-12-9-17-15-4-3-11(8-14(12)15)7-13-10-21-16(20)18-13/h3-4,8-9,13,17H,5-7,10H2,1-2H3,(H,18,20)/t13-/m0/s1/i1D3,3D,4D,7D2,8D,9D,10D2. The molecule has 1 amide bonds. The van der Waals surface area contributed by atoms with E-state index in [9.17, 15) is 4.79 Å². The van der Waals surface area contributed by atoms with Crippen LogP contribution in [0.3, 0.4) is 0 Å². The Hall–Kier alpha value is -2.01. The molecule has 2 N–H and O–H groups in total. The molecule has 5 nitrogen and oxygen atoms in total. The van der Waals surface area contributed by atoms with Crippen LogP contribution in [0.2, 0.25) is 0 Å². The minimum atomic E-state index is -2.82. The highest BCUT2D eigenvalue weighted by Gasteiger charge is 2.22.